The second kappa shape index (κ2) is 7.90. The molecule has 0 aliphatic carbocycles. The smallest absolute Gasteiger partial charge is 0.0335 e. The number of hydrogen-bond donors (Lipinski definition) is 1. The van der Waals surface area contributed by atoms with Crippen molar-refractivity contribution in [1.82, 2.24) is 10.3 Å². The highest BCUT2D eigenvalue weighted by molar-refractivity contribution is 5.13. The first-order valence-corrected chi connectivity index (χ1v) is 5.95. The second-order valence-corrected chi connectivity index (χ2v) is 3.89. The van der Waals surface area contributed by atoms with E-state index in [1.54, 1.807) is 0 Å². The maximum absolute atomic E-state index is 5.27. The molecule has 1 rings (SSSR count). The SMILES string of the molecule is C#CCCCC(NCCC)c1cccnc1. The molecule has 16 heavy (non-hydrogen) atoms. The molecular weight excluding hydrogens is 196 g/mol. The number of hydrogen-bond acceptors (Lipinski definition) is 2. The minimum atomic E-state index is 0.391. The van der Waals surface area contributed by atoms with Crippen LogP contribution in [0.2, 0.25) is 0 Å². The molecule has 1 aromatic heterocycles. The number of pyridine rings is 1. The largest absolute Gasteiger partial charge is 0.310 e. The summed E-state index contributed by atoms with van der Waals surface area (Å²) in [5.74, 6) is 2.69. The fourth-order valence-corrected chi connectivity index (χ4v) is 1.70. The molecule has 0 bridgehead atoms. The van der Waals surface area contributed by atoms with Gasteiger partial charge in [0.15, 0.2) is 0 Å². The lowest BCUT2D eigenvalue weighted by Gasteiger charge is -2.18. The highest BCUT2D eigenvalue weighted by atomic mass is 14.9. The van der Waals surface area contributed by atoms with Crippen LogP contribution in [0.4, 0.5) is 0 Å². The molecule has 2 heteroatoms. The van der Waals surface area contributed by atoms with Gasteiger partial charge in [0.25, 0.3) is 0 Å². The van der Waals surface area contributed by atoms with Crippen LogP contribution in [0.15, 0.2) is 24.5 Å². The van der Waals surface area contributed by atoms with E-state index in [1.165, 1.54) is 5.56 Å². The van der Waals surface area contributed by atoms with Gasteiger partial charge in [0.1, 0.15) is 0 Å². The van der Waals surface area contributed by atoms with E-state index >= 15 is 0 Å². The van der Waals surface area contributed by atoms with Gasteiger partial charge in [0, 0.05) is 24.9 Å². The Bertz CT molecular complexity index is 313. The fraction of sp³-hybridized carbons (Fsp3) is 0.500. The topological polar surface area (TPSA) is 24.9 Å². The van der Waals surface area contributed by atoms with Crippen molar-refractivity contribution in [2.24, 2.45) is 0 Å². The molecule has 0 aliphatic heterocycles. The number of unbranched alkanes of at least 4 members (excludes halogenated alkanes) is 1. The third kappa shape index (κ3) is 4.46. The van der Waals surface area contributed by atoms with Gasteiger partial charge in [-0.2, -0.15) is 0 Å². The van der Waals surface area contributed by atoms with Crippen molar-refractivity contribution >= 4 is 0 Å². The molecule has 0 saturated carbocycles. The Kier molecular flexibility index (Phi) is 6.29. The lowest BCUT2D eigenvalue weighted by molar-refractivity contribution is 0.486. The third-order valence-corrected chi connectivity index (χ3v) is 2.54. The van der Waals surface area contributed by atoms with E-state index in [2.05, 4.69) is 29.2 Å². The van der Waals surface area contributed by atoms with Gasteiger partial charge in [0.2, 0.25) is 0 Å². The summed E-state index contributed by atoms with van der Waals surface area (Å²) in [5.41, 5.74) is 1.26. The molecule has 1 N–H and O–H groups in total. The first-order valence-electron chi connectivity index (χ1n) is 5.95. The van der Waals surface area contributed by atoms with Crippen molar-refractivity contribution in [2.45, 2.75) is 38.6 Å². The van der Waals surface area contributed by atoms with Gasteiger partial charge >= 0.3 is 0 Å². The average Bonchev–Trinajstić information content (AvgIpc) is 2.35. The maximum Gasteiger partial charge on any atom is 0.0335 e. The number of nitrogens with one attached hydrogen (secondary N) is 1. The van der Waals surface area contributed by atoms with Crippen molar-refractivity contribution in [3.63, 3.8) is 0 Å². The van der Waals surface area contributed by atoms with Gasteiger partial charge in [-0.05, 0) is 37.4 Å². The Morgan fingerprint density at radius 3 is 3.06 bits per heavy atom. The predicted octanol–water partition coefficient (Wildman–Crippen LogP) is 2.93. The molecular formula is C14H20N2. The lowest BCUT2D eigenvalue weighted by atomic mass is 10.0. The average molecular weight is 216 g/mol. The number of nitrogens with zero attached hydrogens (tertiary/aromatic N) is 1. The zero-order valence-electron chi connectivity index (χ0n) is 9.95. The molecule has 0 fully saturated rings. The van der Waals surface area contributed by atoms with Gasteiger partial charge in [-0.15, -0.1) is 12.3 Å². The van der Waals surface area contributed by atoms with E-state index in [-0.39, 0.29) is 0 Å². The second-order valence-electron chi connectivity index (χ2n) is 3.89. The van der Waals surface area contributed by atoms with Crippen LogP contribution >= 0.6 is 0 Å². The lowest BCUT2D eigenvalue weighted by Crippen LogP contribution is -2.22. The van der Waals surface area contributed by atoms with E-state index in [0.717, 1.165) is 32.2 Å². The minimum absolute atomic E-state index is 0.391. The van der Waals surface area contributed by atoms with Crippen molar-refractivity contribution in [2.75, 3.05) is 6.54 Å². The number of rotatable bonds is 7. The molecule has 1 aromatic rings. The first-order chi connectivity index (χ1) is 7.88. The first kappa shape index (κ1) is 12.7. The molecule has 0 aromatic carbocycles. The Balaban J connectivity index is 2.53. The van der Waals surface area contributed by atoms with Gasteiger partial charge in [-0.25, -0.2) is 0 Å². The van der Waals surface area contributed by atoms with Crippen LogP contribution in [0, 0.1) is 12.3 Å². The van der Waals surface area contributed by atoms with Crippen molar-refractivity contribution < 1.29 is 0 Å². The summed E-state index contributed by atoms with van der Waals surface area (Å²) >= 11 is 0. The molecule has 1 unspecified atom stereocenters. The molecule has 0 radical (unpaired) electrons. The van der Waals surface area contributed by atoms with E-state index in [4.69, 9.17) is 6.42 Å². The molecule has 0 spiro atoms. The third-order valence-electron chi connectivity index (χ3n) is 2.54. The Morgan fingerprint density at radius 1 is 1.56 bits per heavy atom. The summed E-state index contributed by atoms with van der Waals surface area (Å²) in [6.07, 6.45) is 13.1. The fourth-order valence-electron chi connectivity index (χ4n) is 1.70. The van der Waals surface area contributed by atoms with Gasteiger partial charge in [0.05, 0.1) is 0 Å². The zero-order chi connectivity index (χ0) is 11.6. The summed E-state index contributed by atoms with van der Waals surface area (Å²) in [4.78, 5) is 4.16. The van der Waals surface area contributed by atoms with Crippen LogP contribution in [0.5, 0.6) is 0 Å². The highest BCUT2D eigenvalue weighted by Crippen LogP contribution is 2.18. The highest BCUT2D eigenvalue weighted by Gasteiger charge is 2.09. The Labute approximate surface area is 98.5 Å². The van der Waals surface area contributed by atoms with Crippen LogP contribution in [0.3, 0.4) is 0 Å². The van der Waals surface area contributed by atoms with Gasteiger partial charge < -0.3 is 5.32 Å². The maximum atomic E-state index is 5.27. The van der Waals surface area contributed by atoms with Gasteiger partial charge in [-0.3, -0.25) is 4.98 Å². The van der Waals surface area contributed by atoms with E-state index in [1.807, 2.05) is 18.5 Å². The summed E-state index contributed by atoms with van der Waals surface area (Å²) < 4.78 is 0. The summed E-state index contributed by atoms with van der Waals surface area (Å²) in [6.45, 7) is 3.21. The summed E-state index contributed by atoms with van der Waals surface area (Å²) in [6, 6.07) is 4.50. The molecule has 0 saturated heterocycles. The molecule has 2 nitrogen and oxygen atoms in total. The zero-order valence-corrected chi connectivity index (χ0v) is 9.95. The Morgan fingerprint density at radius 2 is 2.44 bits per heavy atom. The van der Waals surface area contributed by atoms with E-state index < -0.39 is 0 Å². The predicted molar refractivity (Wildman–Crippen MR) is 68.0 cm³/mol. The monoisotopic (exact) mass is 216 g/mol. The van der Waals surface area contributed by atoms with Crippen molar-refractivity contribution in [3.05, 3.63) is 30.1 Å². The molecule has 1 heterocycles. The molecule has 0 amide bonds. The molecule has 0 aliphatic rings. The van der Waals surface area contributed by atoms with E-state index in [0.29, 0.717) is 6.04 Å². The van der Waals surface area contributed by atoms with Crippen LogP contribution in [0.1, 0.15) is 44.2 Å². The van der Waals surface area contributed by atoms with Crippen LogP contribution in [-0.4, -0.2) is 11.5 Å². The standard InChI is InChI=1S/C14H20N2/c1-3-5-6-9-14(16-10-4-2)13-8-7-11-15-12-13/h1,7-8,11-12,14,16H,4-6,9-10H2,2H3. The quantitative estimate of drug-likeness (QED) is 0.560. The number of terminal acetylenes is 1. The number of aromatic nitrogens is 1. The van der Waals surface area contributed by atoms with Gasteiger partial charge in [-0.1, -0.05) is 13.0 Å². The summed E-state index contributed by atoms with van der Waals surface area (Å²) in [5, 5.41) is 3.54. The molecule has 86 valence electrons. The summed E-state index contributed by atoms with van der Waals surface area (Å²) in [7, 11) is 0. The van der Waals surface area contributed by atoms with Crippen molar-refractivity contribution in [3.8, 4) is 12.3 Å². The van der Waals surface area contributed by atoms with E-state index in [9.17, 15) is 0 Å². The van der Waals surface area contributed by atoms with Crippen molar-refractivity contribution in [1.29, 1.82) is 0 Å². The molecule has 1 atom stereocenters. The normalized spacial score (nSPS) is 12.0. The van der Waals surface area contributed by atoms with Crippen LogP contribution in [-0.2, 0) is 0 Å². The van der Waals surface area contributed by atoms with Crippen LogP contribution < -0.4 is 5.32 Å². The Hall–Kier alpha value is -1.33. The minimum Gasteiger partial charge on any atom is -0.310 e. The van der Waals surface area contributed by atoms with Crippen LogP contribution in [0.25, 0.3) is 0 Å².